The highest BCUT2D eigenvalue weighted by atomic mass is 16.5. The van der Waals surface area contributed by atoms with Crippen LogP contribution in [0.25, 0.3) is 0 Å². The number of hydrogen-bond donors (Lipinski definition) is 4. The quantitative estimate of drug-likeness (QED) is 0.306. The van der Waals surface area contributed by atoms with Gasteiger partial charge in [0.15, 0.2) is 11.5 Å². The van der Waals surface area contributed by atoms with Crippen molar-refractivity contribution in [3.8, 4) is 11.5 Å². The monoisotopic (exact) mass is 490 g/mol. The van der Waals surface area contributed by atoms with E-state index in [0.29, 0.717) is 34.6 Å². The molecule has 2 amide bonds. The van der Waals surface area contributed by atoms with Crippen LogP contribution in [0.1, 0.15) is 29.9 Å². The zero-order chi connectivity index (χ0) is 25.5. The fourth-order valence-corrected chi connectivity index (χ4v) is 4.62. The number of amides is 2. The molecule has 1 aliphatic carbocycles. The summed E-state index contributed by atoms with van der Waals surface area (Å²) in [7, 11) is 2.99. The number of ether oxygens (including phenoxy) is 3. The Morgan fingerprint density at radius 2 is 2.06 bits per heavy atom. The zero-order valence-corrected chi connectivity index (χ0v) is 20.1. The molecule has 35 heavy (non-hydrogen) atoms. The molecule has 10 nitrogen and oxygen atoms in total. The molecule has 192 valence electrons. The number of rotatable bonds is 12. The van der Waals surface area contributed by atoms with Gasteiger partial charge in [-0.2, -0.15) is 0 Å². The summed E-state index contributed by atoms with van der Waals surface area (Å²) >= 11 is 0. The number of nitrogens with zero attached hydrogens (tertiary/aromatic N) is 1. The van der Waals surface area contributed by atoms with Crippen LogP contribution in [-0.2, 0) is 20.9 Å². The van der Waals surface area contributed by atoms with Crippen LogP contribution in [-0.4, -0.2) is 90.8 Å². The number of benzene rings is 1. The van der Waals surface area contributed by atoms with Gasteiger partial charge in [0.05, 0.1) is 38.9 Å². The summed E-state index contributed by atoms with van der Waals surface area (Å²) < 4.78 is 16.8. The van der Waals surface area contributed by atoms with Gasteiger partial charge < -0.3 is 39.7 Å². The molecule has 0 saturated heterocycles. The second-order valence-electron chi connectivity index (χ2n) is 8.42. The van der Waals surface area contributed by atoms with Gasteiger partial charge in [0.2, 0.25) is 11.8 Å². The largest absolute Gasteiger partial charge is 0.493 e. The van der Waals surface area contributed by atoms with Gasteiger partial charge in [0.25, 0.3) is 0 Å². The number of methoxy groups -OCH3 is 2. The van der Waals surface area contributed by atoms with Gasteiger partial charge in [-0.15, -0.1) is 6.58 Å². The van der Waals surface area contributed by atoms with Crippen LogP contribution in [0.3, 0.4) is 0 Å². The van der Waals surface area contributed by atoms with E-state index in [1.807, 2.05) is 0 Å². The highest BCUT2D eigenvalue weighted by molar-refractivity contribution is 5.96. The van der Waals surface area contributed by atoms with E-state index < -0.39 is 30.1 Å². The molecule has 0 radical (unpaired) electrons. The number of nitrogens with one attached hydrogen (secondary N) is 1. The Morgan fingerprint density at radius 3 is 2.69 bits per heavy atom. The minimum Gasteiger partial charge on any atom is -0.493 e. The molecule has 0 saturated carbocycles. The van der Waals surface area contributed by atoms with Crippen LogP contribution >= 0.6 is 0 Å². The van der Waals surface area contributed by atoms with Crippen molar-refractivity contribution in [3.05, 3.63) is 47.6 Å². The standard InChI is InChI=1S/C25H34N2O8/c1-4-5-6-20(30)27(8-10-33-2)18-13-17(25(32)26-7-9-28)21-16-11-15(14-29)12-19(34-3)23(16)35-24(21)22(18)31/h4,11-13,18,21-22,24,28-29,31H,1,5-10,14H2,2-3H3,(H,26,32)/t18-,21+,22+,24+/m1/s1. The van der Waals surface area contributed by atoms with Crippen LogP contribution in [0.15, 0.2) is 36.4 Å². The number of aliphatic hydroxyl groups is 3. The first-order valence-electron chi connectivity index (χ1n) is 11.6. The average molecular weight is 491 g/mol. The second kappa shape index (κ2) is 12.2. The molecule has 2 aliphatic rings. The van der Waals surface area contributed by atoms with Crippen LogP contribution in [0, 0.1) is 0 Å². The van der Waals surface area contributed by atoms with Crippen molar-refractivity contribution in [2.24, 2.45) is 0 Å². The summed E-state index contributed by atoms with van der Waals surface area (Å²) in [5, 5.41) is 33.0. The van der Waals surface area contributed by atoms with E-state index in [-0.39, 0.29) is 45.2 Å². The third kappa shape index (κ3) is 5.51. The van der Waals surface area contributed by atoms with Crippen molar-refractivity contribution >= 4 is 11.8 Å². The topological polar surface area (TPSA) is 138 Å². The van der Waals surface area contributed by atoms with E-state index in [1.165, 1.54) is 19.1 Å². The molecule has 0 spiro atoms. The highest BCUT2D eigenvalue weighted by Gasteiger charge is 2.51. The van der Waals surface area contributed by atoms with Crippen molar-refractivity contribution < 1.29 is 39.1 Å². The van der Waals surface area contributed by atoms with E-state index in [4.69, 9.17) is 14.2 Å². The molecular weight excluding hydrogens is 456 g/mol. The van der Waals surface area contributed by atoms with Crippen molar-refractivity contribution in [2.45, 2.75) is 43.6 Å². The zero-order valence-electron chi connectivity index (χ0n) is 20.1. The lowest BCUT2D eigenvalue weighted by Crippen LogP contribution is -2.56. The smallest absolute Gasteiger partial charge is 0.247 e. The number of allylic oxidation sites excluding steroid dienone is 1. The summed E-state index contributed by atoms with van der Waals surface area (Å²) in [4.78, 5) is 27.8. The van der Waals surface area contributed by atoms with Gasteiger partial charge in [-0.1, -0.05) is 6.08 Å². The molecule has 4 N–H and O–H groups in total. The Morgan fingerprint density at radius 1 is 1.29 bits per heavy atom. The second-order valence-corrected chi connectivity index (χ2v) is 8.42. The number of hydrogen-bond acceptors (Lipinski definition) is 8. The fraction of sp³-hybridized carbons (Fsp3) is 0.520. The minimum atomic E-state index is -1.16. The molecule has 4 atom stereocenters. The van der Waals surface area contributed by atoms with E-state index in [2.05, 4.69) is 11.9 Å². The highest BCUT2D eigenvalue weighted by Crippen LogP contribution is 2.51. The van der Waals surface area contributed by atoms with Gasteiger partial charge in [-0.05, 0) is 30.2 Å². The van der Waals surface area contributed by atoms with Gasteiger partial charge in [0.1, 0.15) is 12.2 Å². The molecule has 0 fully saturated rings. The summed E-state index contributed by atoms with van der Waals surface area (Å²) in [5.74, 6) is -0.574. The molecule has 1 aliphatic heterocycles. The number of aliphatic hydroxyl groups excluding tert-OH is 3. The fourth-order valence-electron chi connectivity index (χ4n) is 4.62. The van der Waals surface area contributed by atoms with E-state index >= 15 is 0 Å². The van der Waals surface area contributed by atoms with Crippen LogP contribution in [0.5, 0.6) is 11.5 Å². The number of carbonyl (C=O) groups excluding carboxylic acids is 2. The van der Waals surface area contributed by atoms with Gasteiger partial charge >= 0.3 is 0 Å². The van der Waals surface area contributed by atoms with Crippen molar-refractivity contribution in [2.75, 3.05) is 40.5 Å². The van der Waals surface area contributed by atoms with Gasteiger partial charge in [-0.3, -0.25) is 9.59 Å². The molecule has 0 unspecified atom stereocenters. The van der Waals surface area contributed by atoms with Crippen molar-refractivity contribution in [1.29, 1.82) is 0 Å². The number of fused-ring (bicyclic) bond motifs is 3. The summed E-state index contributed by atoms with van der Waals surface area (Å²) in [6.45, 7) is 3.67. The maximum atomic E-state index is 13.2. The predicted octanol–water partition coefficient (Wildman–Crippen LogP) is 0.251. The van der Waals surface area contributed by atoms with Crippen molar-refractivity contribution in [3.63, 3.8) is 0 Å². The number of carbonyl (C=O) groups is 2. The molecule has 3 rings (SSSR count). The van der Waals surface area contributed by atoms with E-state index in [1.54, 1.807) is 24.3 Å². The minimum absolute atomic E-state index is 0.0418. The van der Waals surface area contributed by atoms with Crippen LogP contribution in [0.4, 0.5) is 0 Å². The third-order valence-corrected chi connectivity index (χ3v) is 6.27. The lowest BCUT2D eigenvalue weighted by Gasteiger charge is -2.40. The third-order valence-electron chi connectivity index (χ3n) is 6.27. The predicted molar refractivity (Wildman–Crippen MR) is 127 cm³/mol. The molecule has 10 heteroatoms. The van der Waals surface area contributed by atoms with Crippen LogP contribution in [0.2, 0.25) is 0 Å². The SMILES string of the molecule is C=CCCC(=O)N(CCOC)[C@@H]1C=C(C(=O)NCCO)[C@@H]2c3cc(CO)cc(OC)c3O[C@@H]2[C@H]1O. The van der Waals surface area contributed by atoms with Gasteiger partial charge in [-0.25, -0.2) is 0 Å². The molecule has 0 aromatic heterocycles. The normalized spacial score (nSPS) is 22.4. The van der Waals surface area contributed by atoms with Crippen molar-refractivity contribution in [1.82, 2.24) is 10.2 Å². The molecular formula is C25H34N2O8. The molecule has 1 aromatic carbocycles. The Labute approximate surface area is 204 Å². The lowest BCUT2D eigenvalue weighted by molar-refractivity contribution is -0.138. The Bertz CT molecular complexity index is 963. The molecule has 1 aromatic rings. The maximum Gasteiger partial charge on any atom is 0.247 e. The first-order chi connectivity index (χ1) is 16.9. The Kier molecular flexibility index (Phi) is 9.27. The summed E-state index contributed by atoms with van der Waals surface area (Å²) in [6.07, 6.45) is 1.86. The Balaban J connectivity index is 2.09. The van der Waals surface area contributed by atoms with E-state index in [9.17, 15) is 24.9 Å². The van der Waals surface area contributed by atoms with Gasteiger partial charge in [0, 0.05) is 37.8 Å². The lowest BCUT2D eigenvalue weighted by atomic mass is 9.77. The maximum absolute atomic E-state index is 13.2. The first-order valence-corrected chi connectivity index (χ1v) is 11.6. The first kappa shape index (κ1) is 26.7. The average Bonchev–Trinajstić information content (AvgIpc) is 3.26. The molecule has 0 bridgehead atoms. The Hall–Kier alpha value is -2.92. The van der Waals surface area contributed by atoms with Crippen LogP contribution < -0.4 is 14.8 Å². The summed E-state index contributed by atoms with van der Waals surface area (Å²) in [6, 6.07) is 2.51. The summed E-state index contributed by atoms with van der Waals surface area (Å²) in [5.41, 5.74) is 1.47. The van der Waals surface area contributed by atoms with E-state index in [0.717, 1.165) is 0 Å². The molecule has 1 heterocycles.